The van der Waals surface area contributed by atoms with Crippen molar-refractivity contribution < 1.29 is 3.07 Å². The van der Waals surface area contributed by atoms with Crippen LogP contribution in [0.25, 0.3) is 0 Å². The molecule has 42 valence electrons. The van der Waals surface area contributed by atoms with Gasteiger partial charge >= 0.3 is 69.4 Å². The van der Waals surface area contributed by atoms with Gasteiger partial charge in [-0.2, -0.15) is 0 Å². The van der Waals surface area contributed by atoms with Gasteiger partial charge in [0.05, 0.1) is 0 Å². The molecule has 0 unspecified atom stereocenters. The predicted octanol–water partition coefficient (Wildman–Crippen LogP) is 1.72. The Morgan fingerprint density at radius 2 is 2.29 bits per heavy atom. The SMILES string of the molecule is BrCCC[O][Sn][Br]. The third kappa shape index (κ3) is 7.72. The number of hydrogen-bond donors (Lipinski definition) is 0. The molecular weight excluding hydrogens is 331 g/mol. The van der Waals surface area contributed by atoms with Crippen LogP contribution < -0.4 is 0 Å². The fraction of sp³-hybridized carbons (Fsp3) is 1.00. The Morgan fingerprint density at radius 1 is 1.57 bits per heavy atom. The molecule has 0 aromatic carbocycles. The van der Waals surface area contributed by atoms with Crippen LogP contribution >= 0.6 is 28.6 Å². The Labute approximate surface area is 68.8 Å². The van der Waals surface area contributed by atoms with Gasteiger partial charge in [0.25, 0.3) is 0 Å². The molecule has 0 aromatic heterocycles. The van der Waals surface area contributed by atoms with Crippen molar-refractivity contribution in [2.75, 3.05) is 11.9 Å². The molecule has 0 spiro atoms. The topological polar surface area (TPSA) is 9.23 Å². The maximum absolute atomic E-state index is 5.13. The summed E-state index contributed by atoms with van der Waals surface area (Å²) >= 11 is 6.08. The summed E-state index contributed by atoms with van der Waals surface area (Å²) in [5.74, 6) is 0. The molecule has 2 radical (unpaired) electrons. The second kappa shape index (κ2) is 7.72. The second-order valence-corrected chi connectivity index (χ2v) is 5.20. The predicted molar refractivity (Wildman–Crippen MR) is 39.0 cm³/mol. The van der Waals surface area contributed by atoms with Crippen LogP contribution in [-0.2, 0) is 3.07 Å². The summed E-state index contributed by atoms with van der Waals surface area (Å²) < 4.78 is 5.13. The number of hydrogen-bond acceptors (Lipinski definition) is 1. The second-order valence-electron chi connectivity index (χ2n) is 0.968. The third-order valence-electron chi connectivity index (χ3n) is 0.435. The molecule has 0 aliphatic heterocycles. The summed E-state index contributed by atoms with van der Waals surface area (Å²) in [6, 6.07) is 0. The number of rotatable bonds is 4. The van der Waals surface area contributed by atoms with E-state index in [2.05, 4.69) is 28.6 Å². The van der Waals surface area contributed by atoms with Gasteiger partial charge in [-0.15, -0.1) is 0 Å². The Balaban J connectivity index is 2.45. The molecular formula is C3H6Br2OSn. The molecule has 0 rings (SSSR count). The molecule has 1 nitrogen and oxygen atoms in total. The van der Waals surface area contributed by atoms with Crippen LogP contribution in [0.4, 0.5) is 0 Å². The van der Waals surface area contributed by atoms with Crippen LogP contribution in [0.3, 0.4) is 0 Å². The monoisotopic (exact) mass is 336 g/mol. The summed E-state index contributed by atoms with van der Waals surface area (Å²) in [7, 11) is 0. The van der Waals surface area contributed by atoms with E-state index in [0.29, 0.717) is 0 Å². The first-order valence-corrected chi connectivity index (χ1v) is 10.6. The molecule has 4 heteroatoms. The Hall–Kier alpha value is 1.72. The average molecular weight is 337 g/mol. The van der Waals surface area contributed by atoms with Gasteiger partial charge in [-0.25, -0.2) is 0 Å². The Morgan fingerprint density at radius 3 is 2.71 bits per heavy atom. The van der Waals surface area contributed by atoms with Crippen LogP contribution in [-0.4, -0.2) is 31.3 Å². The van der Waals surface area contributed by atoms with Crippen LogP contribution in [0.1, 0.15) is 6.42 Å². The zero-order valence-corrected chi connectivity index (χ0v) is 9.81. The van der Waals surface area contributed by atoms with Gasteiger partial charge in [0.1, 0.15) is 0 Å². The minimum absolute atomic E-state index is 0.531. The first-order valence-electron chi connectivity index (χ1n) is 1.95. The molecule has 0 saturated heterocycles. The summed E-state index contributed by atoms with van der Waals surface area (Å²) in [6.07, 6.45) is 1.13. The Bertz CT molecular complexity index is 32.1. The van der Waals surface area contributed by atoms with Gasteiger partial charge in [0.15, 0.2) is 0 Å². The molecule has 7 heavy (non-hydrogen) atoms. The molecule has 0 N–H and O–H groups in total. The van der Waals surface area contributed by atoms with E-state index in [0.717, 1.165) is 18.4 Å². The average Bonchev–Trinajstić information content (AvgIpc) is 1.69. The van der Waals surface area contributed by atoms with E-state index < -0.39 is 19.3 Å². The number of halogens is 2. The van der Waals surface area contributed by atoms with Gasteiger partial charge in [0, 0.05) is 0 Å². The maximum atomic E-state index is 5.13. The fourth-order valence-electron chi connectivity index (χ4n) is 0.165. The molecule has 0 saturated carbocycles. The van der Waals surface area contributed by atoms with E-state index >= 15 is 0 Å². The van der Waals surface area contributed by atoms with Gasteiger partial charge < -0.3 is 0 Å². The van der Waals surface area contributed by atoms with Crippen molar-refractivity contribution in [1.29, 1.82) is 0 Å². The van der Waals surface area contributed by atoms with Crippen LogP contribution in [0, 0.1) is 0 Å². The minimum atomic E-state index is -0.531. The van der Waals surface area contributed by atoms with E-state index in [-0.39, 0.29) is 0 Å². The van der Waals surface area contributed by atoms with E-state index in [4.69, 9.17) is 3.07 Å². The van der Waals surface area contributed by atoms with Crippen LogP contribution in [0.15, 0.2) is 0 Å². The van der Waals surface area contributed by atoms with Crippen LogP contribution in [0.2, 0.25) is 0 Å². The molecule has 0 amide bonds. The summed E-state index contributed by atoms with van der Waals surface area (Å²) in [5.41, 5.74) is 0. The zero-order chi connectivity index (χ0) is 5.54. The Kier molecular flexibility index (Phi) is 9.61. The van der Waals surface area contributed by atoms with Gasteiger partial charge in [-0.1, -0.05) is 0 Å². The summed E-state index contributed by atoms with van der Waals surface area (Å²) in [4.78, 5) is 0. The first-order chi connectivity index (χ1) is 3.41. The summed E-state index contributed by atoms with van der Waals surface area (Å²) in [6.45, 7) is 0.919. The van der Waals surface area contributed by atoms with Crippen molar-refractivity contribution in [2.45, 2.75) is 6.42 Å². The normalized spacial score (nSPS) is 9.43. The molecule has 0 aliphatic rings. The molecule has 0 aromatic rings. The third-order valence-corrected chi connectivity index (χ3v) is 3.42. The van der Waals surface area contributed by atoms with Crippen molar-refractivity contribution in [3.63, 3.8) is 0 Å². The standard InChI is InChI=1S/C3H6BrO.BrH.Sn/c4-2-1-3-5;;/h1-3H2;1H;/q-1;;+2/p-1. The van der Waals surface area contributed by atoms with Gasteiger partial charge in [0.2, 0.25) is 0 Å². The molecule has 0 bridgehead atoms. The van der Waals surface area contributed by atoms with Gasteiger partial charge in [-0.3, -0.25) is 0 Å². The van der Waals surface area contributed by atoms with E-state index in [9.17, 15) is 0 Å². The molecule has 0 atom stereocenters. The zero-order valence-electron chi connectivity index (χ0n) is 3.79. The van der Waals surface area contributed by atoms with E-state index in [1.807, 2.05) is 0 Å². The van der Waals surface area contributed by atoms with E-state index in [1.165, 1.54) is 0 Å². The van der Waals surface area contributed by atoms with Crippen LogP contribution in [0.5, 0.6) is 0 Å². The van der Waals surface area contributed by atoms with Crippen molar-refractivity contribution >= 4 is 48.0 Å². The first kappa shape index (κ1) is 8.72. The fourth-order valence-corrected chi connectivity index (χ4v) is 2.11. The van der Waals surface area contributed by atoms with Crippen molar-refractivity contribution in [1.82, 2.24) is 0 Å². The number of alkyl halides is 1. The summed E-state index contributed by atoms with van der Waals surface area (Å²) in [5, 5.41) is 1.05. The van der Waals surface area contributed by atoms with E-state index in [1.54, 1.807) is 0 Å². The molecule has 0 fully saturated rings. The van der Waals surface area contributed by atoms with Crippen molar-refractivity contribution in [3.05, 3.63) is 0 Å². The van der Waals surface area contributed by atoms with Gasteiger partial charge in [-0.05, 0) is 0 Å². The molecule has 0 aliphatic carbocycles. The molecule has 0 heterocycles. The quantitative estimate of drug-likeness (QED) is 0.431. The van der Waals surface area contributed by atoms with Crippen molar-refractivity contribution in [3.8, 4) is 0 Å². The van der Waals surface area contributed by atoms with Crippen molar-refractivity contribution in [2.24, 2.45) is 0 Å².